The molecule has 0 saturated carbocycles. The number of aromatic nitrogens is 2. The van der Waals surface area contributed by atoms with Crippen LogP contribution >= 0.6 is 15.9 Å². The molecular formula is C7H8BrN3O2. The molecule has 0 aliphatic carbocycles. The SMILES string of the molecule is CC(NC(=O)O)c1ncc(Br)cn1. The van der Waals surface area contributed by atoms with E-state index in [1.165, 1.54) is 0 Å². The molecule has 0 spiro atoms. The van der Waals surface area contributed by atoms with Gasteiger partial charge in [0.15, 0.2) is 0 Å². The van der Waals surface area contributed by atoms with Gasteiger partial charge >= 0.3 is 6.09 Å². The molecule has 5 nitrogen and oxygen atoms in total. The quantitative estimate of drug-likeness (QED) is 0.830. The van der Waals surface area contributed by atoms with Crippen LogP contribution in [-0.2, 0) is 0 Å². The van der Waals surface area contributed by atoms with Gasteiger partial charge in [0.25, 0.3) is 0 Å². The summed E-state index contributed by atoms with van der Waals surface area (Å²) in [4.78, 5) is 18.2. The zero-order chi connectivity index (χ0) is 9.84. The third-order valence-electron chi connectivity index (χ3n) is 1.37. The first kappa shape index (κ1) is 9.91. The van der Waals surface area contributed by atoms with Crippen LogP contribution in [0.5, 0.6) is 0 Å². The van der Waals surface area contributed by atoms with Crippen molar-refractivity contribution in [2.75, 3.05) is 0 Å². The summed E-state index contributed by atoms with van der Waals surface area (Å²) in [6.45, 7) is 1.68. The average Bonchev–Trinajstić information content (AvgIpc) is 2.04. The van der Waals surface area contributed by atoms with Crippen LogP contribution in [0.3, 0.4) is 0 Å². The van der Waals surface area contributed by atoms with Gasteiger partial charge in [0, 0.05) is 12.4 Å². The predicted octanol–water partition coefficient (Wildman–Crippen LogP) is 1.57. The maximum atomic E-state index is 10.3. The average molecular weight is 246 g/mol. The van der Waals surface area contributed by atoms with Gasteiger partial charge in [0.1, 0.15) is 5.82 Å². The molecule has 1 aromatic heterocycles. The van der Waals surface area contributed by atoms with Crippen molar-refractivity contribution in [3.8, 4) is 0 Å². The molecule has 0 bridgehead atoms. The number of amides is 1. The predicted molar refractivity (Wildman–Crippen MR) is 49.3 cm³/mol. The van der Waals surface area contributed by atoms with E-state index < -0.39 is 12.1 Å². The zero-order valence-electron chi connectivity index (χ0n) is 6.86. The van der Waals surface area contributed by atoms with Crippen molar-refractivity contribution in [2.24, 2.45) is 0 Å². The summed E-state index contributed by atoms with van der Waals surface area (Å²) in [6.07, 6.45) is 2.06. The maximum Gasteiger partial charge on any atom is 0.405 e. The van der Waals surface area contributed by atoms with Crippen molar-refractivity contribution in [3.63, 3.8) is 0 Å². The molecule has 0 fully saturated rings. The molecule has 1 aromatic rings. The first-order valence-electron chi connectivity index (χ1n) is 3.56. The van der Waals surface area contributed by atoms with Crippen LogP contribution in [0.15, 0.2) is 16.9 Å². The summed E-state index contributed by atoms with van der Waals surface area (Å²) in [5.74, 6) is 0.450. The summed E-state index contributed by atoms with van der Waals surface area (Å²) in [5.41, 5.74) is 0. The Morgan fingerprint density at radius 3 is 2.62 bits per heavy atom. The van der Waals surface area contributed by atoms with E-state index in [4.69, 9.17) is 5.11 Å². The van der Waals surface area contributed by atoms with E-state index in [9.17, 15) is 4.79 Å². The fraction of sp³-hybridized carbons (Fsp3) is 0.286. The highest BCUT2D eigenvalue weighted by atomic mass is 79.9. The lowest BCUT2D eigenvalue weighted by Gasteiger charge is -2.08. The van der Waals surface area contributed by atoms with Crippen LogP contribution in [-0.4, -0.2) is 21.2 Å². The number of carboxylic acid groups (broad SMARTS) is 1. The largest absolute Gasteiger partial charge is 0.465 e. The molecule has 2 N–H and O–H groups in total. The van der Waals surface area contributed by atoms with Gasteiger partial charge < -0.3 is 10.4 Å². The number of nitrogens with one attached hydrogen (secondary N) is 1. The second-order valence-corrected chi connectivity index (χ2v) is 3.35. The van der Waals surface area contributed by atoms with Crippen molar-refractivity contribution in [1.29, 1.82) is 0 Å². The molecule has 0 aliphatic rings. The Morgan fingerprint density at radius 1 is 1.62 bits per heavy atom. The van der Waals surface area contributed by atoms with E-state index in [1.54, 1.807) is 19.3 Å². The Kier molecular flexibility index (Phi) is 3.18. The zero-order valence-corrected chi connectivity index (χ0v) is 8.45. The molecule has 70 valence electrons. The molecule has 0 aromatic carbocycles. The van der Waals surface area contributed by atoms with Crippen LogP contribution in [0.4, 0.5) is 4.79 Å². The van der Waals surface area contributed by atoms with E-state index in [1.807, 2.05) is 0 Å². The second kappa shape index (κ2) is 4.18. The Hall–Kier alpha value is -1.17. The molecule has 0 saturated heterocycles. The monoisotopic (exact) mass is 245 g/mol. The number of carbonyl (C=O) groups is 1. The third kappa shape index (κ3) is 2.98. The maximum absolute atomic E-state index is 10.3. The van der Waals surface area contributed by atoms with Gasteiger partial charge in [-0.1, -0.05) is 0 Å². The first-order valence-corrected chi connectivity index (χ1v) is 4.36. The molecule has 1 amide bonds. The number of hydrogen-bond donors (Lipinski definition) is 2. The molecule has 13 heavy (non-hydrogen) atoms. The lowest BCUT2D eigenvalue weighted by Crippen LogP contribution is -2.25. The molecule has 6 heteroatoms. The van der Waals surface area contributed by atoms with Crippen molar-refractivity contribution < 1.29 is 9.90 Å². The van der Waals surface area contributed by atoms with Crippen LogP contribution in [0.1, 0.15) is 18.8 Å². The Bertz CT molecular complexity index is 301. The minimum Gasteiger partial charge on any atom is -0.465 e. The van der Waals surface area contributed by atoms with Gasteiger partial charge in [-0.2, -0.15) is 0 Å². The van der Waals surface area contributed by atoms with E-state index in [-0.39, 0.29) is 0 Å². The van der Waals surface area contributed by atoms with Gasteiger partial charge in [0.05, 0.1) is 10.5 Å². The summed E-state index contributed by atoms with van der Waals surface area (Å²) in [7, 11) is 0. The number of halogens is 1. The molecule has 0 aliphatic heterocycles. The molecule has 1 unspecified atom stereocenters. The fourth-order valence-electron chi connectivity index (χ4n) is 0.796. The standard InChI is InChI=1S/C7H8BrN3O2/c1-4(11-7(12)13)6-9-2-5(8)3-10-6/h2-4,11H,1H3,(H,12,13). The molecule has 1 rings (SSSR count). The summed E-state index contributed by atoms with van der Waals surface area (Å²) < 4.78 is 0.763. The van der Waals surface area contributed by atoms with Crippen LogP contribution < -0.4 is 5.32 Å². The van der Waals surface area contributed by atoms with Gasteiger partial charge in [-0.15, -0.1) is 0 Å². The van der Waals surface area contributed by atoms with Crippen LogP contribution in [0, 0.1) is 0 Å². The van der Waals surface area contributed by atoms with Gasteiger partial charge in [0.2, 0.25) is 0 Å². The summed E-state index contributed by atoms with van der Waals surface area (Å²) in [6, 6.07) is -0.398. The fourth-order valence-corrected chi connectivity index (χ4v) is 1.00. The van der Waals surface area contributed by atoms with Crippen molar-refractivity contribution in [3.05, 3.63) is 22.7 Å². The van der Waals surface area contributed by atoms with E-state index in [2.05, 4.69) is 31.2 Å². The second-order valence-electron chi connectivity index (χ2n) is 2.43. The first-order chi connectivity index (χ1) is 6.09. The normalized spacial score (nSPS) is 12.2. The third-order valence-corrected chi connectivity index (χ3v) is 1.78. The molecule has 0 radical (unpaired) electrons. The summed E-state index contributed by atoms with van der Waals surface area (Å²) in [5, 5.41) is 10.7. The van der Waals surface area contributed by atoms with E-state index in [0.717, 1.165) is 4.47 Å². The number of hydrogen-bond acceptors (Lipinski definition) is 3. The minimum absolute atomic E-state index is 0.398. The molecule has 1 atom stereocenters. The highest BCUT2D eigenvalue weighted by Gasteiger charge is 2.09. The van der Waals surface area contributed by atoms with Gasteiger partial charge in [-0.3, -0.25) is 0 Å². The van der Waals surface area contributed by atoms with Gasteiger partial charge in [-0.25, -0.2) is 14.8 Å². The Morgan fingerprint density at radius 2 is 2.15 bits per heavy atom. The van der Waals surface area contributed by atoms with Crippen LogP contribution in [0.25, 0.3) is 0 Å². The highest BCUT2D eigenvalue weighted by Crippen LogP contribution is 2.09. The van der Waals surface area contributed by atoms with Crippen molar-refractivity contribution in [2.45, 2.75) is 13.0 Å². The van der Waals surface area contributed by atoms with E-state index in [0.29, 0.717) is 5.82 Å². The Balaban J connectivity index is 2.71. The molecular weight excluding hydrogens is 238 g/mol. The highest BCUT2D eigenvalue weighted by molar-refractivity contribution is 9.10. The molecule has 1 heterocycles. The van der Waals surface area contributed by atoms with Crippen molar-refractivity contribution >= 4 is 22.0 Å². The van der Waals surface area contributed by atoms with E-state index >= 15 is 0 Å². The summed E-state index contributed by atoms with van der Waals surface area (Å²) >= 11 is 3.18. The number of rotatable bonds is 2. The Labute approximate surface area is 83.3 Å². The lowest BCUT2D eigenvalue weighted by atomic mass is 10.3. The van der Waals surface area contributed by atoms with Crippen molar-refractivity contribution in [1.82, 2.24) is 15.3 Å². The minimum atomic E-state index is -1.08. The van der Waals surface area contributed by atoms with Gasteiger partial charge in [-0.05, 0) is 22.9 Å². The number of nitrogens with zero attached hydrogens (tertiary/aromatic N) is 2. The lowest BCUT2D eigenvalue weighted by molar-refractivity contribution is 0.190. The topological polar surface area (TPSA) is 75.1 Å². The van der Waals surface area contributed by atoms with Crippen LogP contribution in [0.2, 0.25) is 0 Å². The smallest absolute Gasteiger partial charge is 0.405 e.